The van der Waals surface area contributed by atoms with E-state index in [9.17, 15) is 9.90 Å². The Morgan fingerprint density at radius 3 is 2.33 bits per heavy atom. The molecule has 0 saturated carbocycles. The third-order valence-electron chi connectivity index (χ3n) is 3.17. The smallest absolute Gasteiger partial charge is 0.341 e. The number of aryl methyl sites for hydroxylation is 4. The van der Waals surface area contributed by atoms with Crippen molar-refractivity contribution in [3.8, 4) is 11.3 Å². The van der Waals surface area contributed by atoms with Crippen LogP contribution in [0.15, 0.2) is 16.7 Å². The Labute approximate surface area is 105 Å². The molecule has 2 aromatic rings. The fourth-order valence-corrected chi connectivity index (χ4v) is 2.02. The predicted octanol–water partition coefficient (Wildman–Crippen LogP) is 3.27. The van der Waals surface area contributed by atoms with Crippen molar-refractivity contribution in [2.45, 2.75) is 27.7 Å². The van der Waals surface area contributed by atoms with Crippen LogP contribution in [-0.2, 0) is 0 Å². The van der Waals surface area contributed by atoms with E-state index in [1.54, 1.807) is 6.92 Å². The Bertz CT molecular complexity index is 626. The van der Waals surface area contributed by atoms with Crippen molar-refractivity contribution < 1.29 is 14.4 Å². The SMILES string of the molecule is Cc1cc(C)c(-c2noc(C)c2C(=O)O)cc1C. The minimum absolute atomic E-state index is 0.140. The van der Waals surface area contributed by atoms with Gasteiger partial charge >= 0.3 is 5.97 Å². The maximum atomic E-state index is 11.2. The molecular formula is C14H15NO3. The summed E-state index contributed by atoms with van der Waals surface area (Å²) in [4.78, 5) is 11.2. The number of rotatable bonds is 2. The summed E-state index contributed by atoms with van der Waals surface area (Å²) in [5.74, 6) is -0.684. The number of carboxylic acids is 1. The third-order valence-corrected chi connectivity index (χ3v) is 3.17. The minimum Gasteiger partial charge on any atom is -0.477 e. The number of carboxylic acid groups (broad SMARTS) is 1. The lowest BCUT2D eigenvalue weighted by atomic mass is 9.96. The third kappa shape index (κ3) is 1.90. The average molecular weight is 245 g/mol. The molecule has 0 fully saturated rings. The van der Waals surface area contributed by atoms with Gasteiger partial charge in [-0.25, -0.2) is 4.79 Å². The van der Waals surface area contributed by atoms with Crippen LogP contribution in [0.1, 0.15) is 32.8 Å². The molecule has 1 aromatic heterocycles. The molecule has 1 heterocycles. The zero-order chi connectivity index (χ0) is 13.4. The van der Waals surface area contributed by atoms with E-state index in [1.165, 1.54) is 5.56 Å². The molecule has 4 nitrogen and oxygen atoms in total. The first-order chi connectivity index (χ1) is 8.41. The van der Waals surface area contributed by atoms with Crippen LogP contribution in [0.3, 0.4) is 0 Å². The molecule has 18 heavy (non-hydrogen) atoms. The Morgan fingerprint density at radius 1 is 1.11 bits per heavy atom. The number of nitrogens with zero attached hydrogens (tertiary/aromatic N) is 1. The van der Waals surface area contributed by atoms with Gasteiger partial charge in [-0.2, -0.15) is 0 Å². The van der Waals surface area contributed by atoms with Crippen molar-refractivity contribution in [3.63, 3.8) is 0 Å². The number of hydrogen-bond donors (Lipinski definition) is 1. The van der Waals surface area contributed by atoms with Gasteiger partial charge in [-0.3, -0.25) is 0 Å². The van der Waals surface area contributed by atoms with Gasteiger partial charge in [-0.1, -0.05) is 11.2 Å². The van der Waals surface area contributed by atoms with E-state index in [0.29, 0.717) is 11.5 Å². The topological polar surface area (TPSA) is 63.3 Å². The number of carbonyl (C=O) groups is 1. The normalized spacial score (nSPS) is 10.7. The number of aromatic carboxylic acids is 1. The first-order valence-corrected chi connectivity index (χ1v) is 5.69. The molecular weight excluding hydrogens is 230 g/mol. The maximum absolute atomic E-state index is 11.2. The summed E-state index contributed by atoms with van der Waals surface area (Å²) in [6, 6.07) is 3.98. The molecule has 0 spiro atoms. The van der Waals surface area contributed by atoms with Crippen molar-refractivity contribution in [1.82, 2.24) is 5.16 Å². The number of aromatic nitrogens is 1. The summed E-state index contributed by atoms with van der Waals surface area (Å²) >= 11 is 0. The molecule has 0 amide bonds. The molecule has 0 saturated heterocycles. The molecule has 4 heteroatoms. The van der Waals surface area contributed by atoms with Gasteiger partial charge < -0.3 is 9.63 Å². The molecule has 0 bridgehead atoms. The van der Waals surface area contributed by atoms with Crippen molar-refractivity contribution in [2.75, 3.05) is 0 Å². The molecule has 0 radical (unpaired) electrons. The van der Waals surface area contributed by atoms with Gasteiger partial charge in [0.2, 0.25) is 0 Å². The largest absolute Gasteiger partial charge is 0.477 e. The second kappa shape index (κ2) is 4.29. The van der Waals surface area contributed by atoms with E-state index >= 15 is 0 Å². The van der Waals surface area contributed by atoms with Crippen molar-refractivity contribution in [2.24, 2.45) is 0 Å². The highest BCUT2D eigenvalue weighted by Crippen LogP contribution is 2.29. The number of benzene rings is 1. The first kappa shape index (κ1) is 12.4. The van der Waals surface area contributed by atoms with Gasteiger partial charge in [0.1, 0.15) is 17.0 Å². The Kier molecular flexibility index (Phi) is 2.95. The van der Waals surface area contributed by atoms with Crippen LogP contribution in [0.4, 0.5) is 0 Å². The van der Waals surface area contributed by atoms with Crippen LogP contribution in [0.25, 0.3) is 11.3 Å². The lowest BCUT2D eigenvalue weighted by molar-refractivity contribution is 0.0696. The van der Waals surface area contributed by atoms with Gasteiger partial charge in [0.25, 0.3) is 0 Å². The molecule has 0 aliphatic carbocycles. The first-order valence-electron chi connectivity index (χ1n) is 5.69. The van der Waals surface area contributed by atoms with Crippen LogP contribution in [0.5, 0.6) is 0 Å². The standard InChI is InChI=1S/C14H15NO3/c1-7-5-9(3)11(6-8(7)2)13-12(14(16)17)10(4)18-15-13/h5-6H,1-4H3,(H,16,17). The quantitative estimate of drug-likeness (QED) is 0.881. The molecule has 1 aromatic carbocycles. The highest BCUT2D eigenvalue weighted by Gasteiger charge is 2.22. The molecule has 2 rings (SSSR count). The van der Waals surface area contributed by atoms with E-state index in [-0.39, 0.29) is 5.56 Å². The predicted molar refractivity (Wildman–Crippen MR) is 67.8 cm³/mol. The highest BCUT2D eigenvalue weighted by atomic mass is 16.5. The van der Waals surface area contributed by atoms with Gasteiger partial charge in [-0.15, -0.1) is 0 Å². The summed E-state index contributed by atoms with van der Waals surface area (Å²) in [6.45, 7) is 7.57. The molecule has 0 aliphatic rings. The van der Waals surface area contributed by atoms with Crippen LogP contribution in [0, 0.1) is 27.7 Å². The highest BCUT2D eigenvalue weighted by molar-refractivity contribution is 5.96. The van der Waals surface area contributed by atoms with Gasteiger partial charge in [0.15, 0.2) is 0 Å². The fraction of sp³-hybridized carbons (Fsp3) is 0.286. The summed E-state index contributed by atoms with van der Waals surface area (Å²) in [5.41, 5.74) is 4.63. The summed E-state index contributed by atoms with van der Waals surface area (Å²) in [6.07, 6.45) is 0. The Balaban J connectivity index is 2.70. The molecule has 0 atom stereocenters. The lowest BCUT2D eigenvalue weighted by Gasteiger charge is -2.08. The van der Waals surface area contributed by atoms with Crippen LogP contribution in [-0.4, -0.2) is 16.2 Å². The Morgan fingerprint density at radius 2 is 1.72 bits per heavy atom. The van der Waals surface area contributed by atoms with Gasteiger partial charge in [0, 0.05) is 5.56 Å². The van der Waals surface area contributed by atoms with Crippen LogP contribution < -0.4 is 0 Å². The summed E-state index contributed by atoms with van der Waals surface area (Å²) < 4.78 is 5.01. The van der Waals surface area contributed by atoms with Crippen molar-refractivity contribution in [3.05, 3.63) is 40.1 Å². The van der Waals surface area contributed by atoms with E-state index in [4.69, 9.17) is 4.52 Å². The second-order valence-electron chi connectivity index (χ2n) is 4.52. The van der Waals surface area contributed by atoms with Crippen molar-refractivity contribution in [1.29, 1.82) is 0 Å². The maximum Gasteiger partial charge on any atom is 0.341 e. The molecule has 0 aliphatic heterocycles. The lowest BCUT2D eigenvalue weighted by Crippen LogP contribution is -2.00. The summed E-state index contributed by atoms with van der Waals surface area (Å²) in [7, 11) is 0. The van der Waals surface area contributed by atoms with E-state index in [1.807, 2.05) is 32.9 Å². The Hall–Kier alpha value is -2.10. The molecule has 94 valence electrons. The van der Waals surface area contributed by atoms with E-state index in [2.05, 4.69) is 5.16 Å². The van der Waals surface area contributed by atoms with Gasteiger partial charge in [-0.05, 0) is 50.5 Å². The van der Waals surface area contributed by atoms with Gasteiger partial charge in [0.05, 0.1) is 0 Å². The second-order valence-corrected chi connectivity index (χ2v) is 4.52. The minimum atomic E-state index is -1.01. The zero-order valence-electron chi connectivity index (χ0n) is 10.9. The van der Waals surface area contributed by atoms with Crippen LogP contribution in [0.2, 0.25) is 0 Å². The van der Waals surface area contributed by atoms with E-state index < -0.39 is 5.97 Å². The monoisotopic (exact) mass is 245 g/mol. The zero-order valence-corrected chi connectivity index (χ0v) is 10.9. The fourth-order valence-electron chi connectivity index (χ4n) is 2.02. The molecule has 0 unspecified atom stereocenters. The van der Waals surface area contributed by atoms with Crippen molar-refractivity contribution >= 4 is 5.97 Å². The average Bonchev–Trinajstić information content (AvgIpc) is 2.65. The number of hydrogen-bond acceptors (Lipinski definition) is 3. The molecule has 1 N–H and O–H groups in total. The van der Waals surface area contributed by atoms with E-state index in [0.717, 1.165) is 16.7 Å². The van der Waals surface area contributed by atoms with Crippen LogP contribution >= 0.6 is 0 Å². The summed E-state index contributed by atoms with van der Waals surface area (Å²) in [5, 5.41) is 13.1.